The minimum Gasteiger partial charge on any atom is -0.448 e. The van der Waals surface area contributed by atoms with Gasteiger partial charge in [-0.05, 0) is 26.8 Å². The highest BCUT2D eigenvalue weighted by molar-refractivity contribution is 6.42. The Morgan fingerprint density at radius 1 is 1.26 bits per heavy atom. The molecule has 128 valence electrons. The van der Waals surface area contributed by atoms with E-state index in [2.05, 4.69) is 0 Å². The van der Waals surface area contributed by atoms with E-state index in [1.54, 1.807) is 39.0 Å². The summed E-state index contributed by atoms with van der Waals surface area (Å²) in [7, 11) is 1.41. The zero-order valence-electron chi connectivity index (χ0n) is 13.2. The Morgan fingerprint density at radius 2 is 1.87 bits per heavy atom. The Morgan fingerprint density at radius 3 is 2.39 bits per heavy atom. The number of hydrogen-bond donors (Lipinski definition) is 0. The molecule has 0 N–H and O–H groups in total. The number of carbonyl (C=O) groups is 2. The van der Waals surface area contributed by atoms with E-state index in [1.165, 1.54) is 7.05 Å². The van der Waals surface area contributed by atoms with Crippen molar-refractivity contribution in [2.75, 3.05) is 13.1 Å². The van der Waals surface area contributed by atoms with Gasteiger partial charge in [0.15, 0.2) is 12.1 Å². The van der Waals surface area contributed by atoms with Gasteiger partial charge in [-0.2, -0.15) is 0 Å². The van der Waals surface area contributed by atoms with Crippen LogP contribution in [0, 0.1) is 0 Å². The molecule has 5 nitrogen and oxygen atoms in total. The lowest BCUT2D eigenvalue weighted by Gasteiger charge is -2.30. The van der Waals surface area contributed by atoms with Gasteiger partial charge in [0.2, 0.25) is 0 Å². The van der Waals surface area contributed by atoms with E-state index < -0.39 is 23.7 Å². The molecule has 1 amide bonds. The molecule has 0 aliphatic rings. The molecule has 0 aliphatic heterocycles. The van der Waals surface area contributed by atoms with E-state index >= 15 is 0 Å². The van der Waals surface area contributed by atoms with Gasteiger partial charge in [-0.1, -0.05) is 46.9 Å². The van der Waals surface area contributed by atoms with Crippen LogP contribution in [0.1, 0.15) is 32.4 Å². The normalized spacial score (nSPS) is 12.5. The van der Waals surface area contributed by atoms with Crippen LogP contribution in [0.5, 0.6) is 0 Å². The molecular formula is C15H18Cl3NO4. The van der Waals surface area contributed by atoms with Gasteiger partial charge >= 0.3 is 12.1 Å². The predicted molar refractivity (Wildman–Crippen MR) is 90.0 cm³/mol. The number of benzene rings is 1. The third-order valence-corrected chi connectivity index (χ3v) is 3.71. The monoisotopic (exact) mass is 381 g/mol. The van der Waals surface area contributed by atoms with Crippen LogP contribution in [-0.4, -0.2) is 35.7 Å². The summed E-state index contributed by atoms with van der Waals surface area (Å²) >= 11 is 17.6. The molecule has 0 bridgehead atoms. The van der Waals surface area contributed by atoms with E-state index in [-0.39, 0.29) is 16.1 Å². The topological polar surface area (TPSA) is 55.8 Å². The SMILES string of the molecule is CN(C(=O)OC(C)(C)C)C(C(=O)OCCl)c1cccc(Cl)c1Cl. The van der Waals surface area contributed by atoms with Crippen molar-refractivity contribution in [1.29, 1.82) is 0 Å². The fourth-order valence-corrected chi connectivity index (χ4v) is 2.32. The Balaban J connectivity index is 3.23. The maximum absolute atomic E-state index is 12.3. The molecule has 8 heteroatoms. The minimum atomic E-state index is -1.13. The van der Waals surface area contributed by atoms with Gasteiger partial charge in [0.05, 0.1) is 10.0 Å². The smallest absolute Gasteiger partial charge is 0.411 e. The number of nitrogens with zero attached hydrogens (tertiary/aromatic N) is 1. The van der Waals surface area contributed by atoms with Crippen LogP contribution in [-0.2, 0) is 14.3 Å². The van der Waals surface area contributed by atoms with Crippen LogP contribution in [0.2, 0.25) is 10.0 Å². The molecule has 0 fully saturated rings. The highest BCUT2D eigenvalue weighted by atomic mass is 35.5. The van der Waals surface area contributed by atoms with E-state index in [4.69, 9.17) is 44.3 Å². The zero-order chi connectivity index (χ0) is 17.8. The summed E-state index contributed by atoms with van der Waals surface area (Å²) in [5, 5.41) is 0.409. The van der Waals surface area contributed by atoms with Crippen molar-refractivity contribution in [1.82, 2.24) is 4.90 Å². The van der Waals surface area contributed by atoms with E-state index in [1.807, 2.05) is 0 Å². The van der Waals surface area contributed by atoms with Gasteiger partial charge in [0.25, 0.3) is 0 Å². The summed E-state index contributed by atoms with van der Waals surface area (Å²) in [6.07, 6.45) is -0.704. The largest absolute Gasteiger partial charge is 0.448 e. The average molecular weight is 383 g/mol. The molecule has 1 aromatic rings. The highest BCUT2D eigenvalue weighted by Gasteiger charge is 2.34. The first-order valence-electron chi connectivity index (χ1n) is 6.70. The average Bonchev–Trinajstić information content (AvgIpc) is 2.42. The Labute approximate surface area is 150 Å². The maximum atomic E-state index is 12.3. The van der Waals surface area contributed by atoms with Crippen LogP contribution >= 0.6 is 34.8 Å². The summed E-state index contributed by atoms with van der Waals surface area (Å²) in [4.78, 5) is 25.6. The molecule has 1 atom stereocenters. The molecule has 0 aliphatic carbocycles. The zero-order valence-corrected chi connectivity index (χ0v) is 15.5. The molecule has 0 aromatic heterocycles. The maximum Gasteiger partial charge on any atom is 0.411 e. The van der Waals surface area contributed by atoms with Crippen molar-refractivity contribution >= 4 is 46.9 Å². The Kier molecular flexibility index (Phi) is 6.99. The van der Waals surface area contributed by atoms with Crippen molar-refractivity contribution in [3.63, 3.8) is 0 Å². The fourth-order valence-electron chi connectivity index (χ4n) is 1.80. The van der Waals surface area contributed by atoms with Crippen LogP contribution in [0.15, 0.2) is 18.2 Å². The van der Waals surface area contributed by atoms with Gasteiger partial charge in [-0.3, -0.25) is 4.90 Å². The molecule has 0 heterocycles. The van der Waals surface area contributed by atoms with E-state index in [0.717, 1.165) is 4.90 Å². The fraction of sp³-hybridized carbons (Fsp3) is 0.467. The van der Waals surface area contributed by atoms with Crippen LogP contribution in [0.25, 0.3) is 0 Å². The summed E-state index contributed by atoms with van der Waals surface area (Å²) in [6, 6.07) is 3.29. The second kappa shape index (κ2) is 8.08. The van der Waals surface area contributed by atoms with Gasteiger partial charge in [-0.25, -0.2) is 9.59 Å². The van der Waals surface area contributed by atoms with Crippen molar-refractivity contribution in [3.05, 3.63) is 33.8 Å². The summed E-state index contributed by atoms with van der Waals surface area (Å²) in [5.74, 6) is -0.738. The summed E-state index contributed by atoms with van der Waals surface area (Å²) < 4.78 is 10.1. The number of alkyl halides is 1. The molecule has 1 aromatic carbocycles. The molecular weight excluding hydrogens is 365 g/mol. The number of esters is 1. The van der Waals surface area contributed by atoms with Crippen molar-refractivity contribution in [2.24, 2.45) is 0 Å². The second-order valence-electron chi connectivity index (χ2n) is 5.71. The first kappa shape index (κ1) is 19.9. The molecule has 0 saturated carbocycles. The lowest BCUT2D eigenvalue weighted by atomic mass is 10.1. The van der Waals surface area contributed by atoms with Gasteiger partial charge in [0, 0.05) is 12.6 Å². The molecule has 0 radical (unpaired) electrons. The number of amides is 1. The molecule has 1 unspecified atom stereocenters. The third kappa shape index (κ3) is 5.44. The molecule has 0 spiro atoms. The number of hydrogen-bond acceptors (Lipinski definition) is 4. The van der Waals surface area contributed by atoms with Crippen LogP contribution in [0.3, 0.4) is 0 Å². The predicted octanol–water partition coefficient (Wildman–Crippen LogP) is 4.64. The van der Waals surface area contributed by atoms with Gasteiger partial charge in [0.1, 0.15) is 5.60 Å². The minimum absolute atomic E-state index is 0.154. The van der Waals surface area contributed by atoms with Crippen LogP contribution < -0.4 is 0 Å². The third-order valence-electron chi connectivity index (χ3n) is 2.76. The molecule has 1 rings (SSSR count). The lowest BCUT2D eigenvalue weighted by Crippen LogP contribution is -2.40. The highest BCUT2D eigenvalue weighted by Crippen LogP contribution is 2.33. The molecule has 0 saturated heterocycles. The van der Waals surface area contributed by atoms with Crippen molar-refractivity contribution < 1.29 is 19.1 Å². The van der Waals surface area contributed by atoms with Crippen LogP contribution in [0.4, 0.5) is 4.79 Å². The van der Waals surface area contributed by atoms with Gasteiger partial charge in [-0.15, -0.1) is 0 Å². The molecule has 23 heavy (non-hydrogen) atoms. The first-order valence-corrected chi connectivity index (χ1v) is 8.00. The van der Waals surface area contributed by atoms with Crippen molar-refractivity contribution in [3.8, 4) is 0 Å². The number of likely N-dealkylation sites (N-methyl/N-ethyl adjacent to an activating group) is 1. The standard InChI is InChI=1S/C15H18Cl3NO4/c1-15(2,3)23-14(21)19(4)12(13(20)22-8-16)9-6-5-7-10(17)11(9)18/h5-7,12H,8H2,1-4H3. The number of ether oxygens (including phenoxy) is 2. The van der Waals surface area contributed by atoms with E-state index in [9.17, 15) is 9.59 Å². The van der Waals surface area contributed by atoms with Gasteiger partial charge < -0.3 is 9.47 Å². The Bertz CT molecular complexity index is 587. The summed E-state index contributed by atoms with van der Waals surface area (Å²) in [5.41, 5.74) is -0.396. The van der Waals surface area contributed by atoms with Crippen molar-refractivity contribution in [2.45, 2.75) is 32.4 Å². The number of carbonyl (C=O) groups excluding carboxylic acids is 2. The number of rotatable bonds is 4. The Hall–Kier alpha value is -1.17. The quantitative estimate of drug-likeness (QED) is 0.562. The lowest BCUT2D eigenvalue weighted by molar-refractivity contribution is -0.147. The summed E-state index contributed by atoms with van der Waals surface area (Å²) in [6.45, 7) is 5.16. The first-order chi connectivity index (χ1) is 10.6. The number of halogens is 3. The van der Waals surface area contributed by atoms with E-state index in [0.29, 0.717) is 5.56 Å². The second-order valence-corrected chi connectivity index (χ2v) is 6.71.